The van der Waals surface area contributed by atoms with Gasteiger partial charge in [-0.25, -0.2) is 8.78 Å². The molecule has 6 rings (SSSR count). The number of fused-ring (bicyclic) bond motifs is 2. The van der Waals surface area contributed by atoms with E-state index in [0.717, 1.165) is 10.8 Å². The van der Waals surface area contributed by atoms with Gasteiger partial charge in [-0.3, -0.25) is 0 Å². The van der Waals surface area contributed by atoms with Crippen LogP contribution in [-0.2, 0) is 9.13 Å². The molecule has 0 bridgehead atoms. The maximum atomic E-state index is 15.5. The SMILES string of the molecule is O=P(CP(=O)(c1ccccc1F)c1cccc2ccccc12)(c1ccccc1F)c1cccc2ccccc12. The van der Waals surface area contributed by atoms with E-state index in [-0.39, 0.29) is 10.6 Å². The molecule has 0 saturated heterocycles. The molecular formula is C33H24F2O2P2. The van der Waals surface area contributed by atoms with Crippen LogP contribution in [0.4, 0.5) is 8.78 Å². The van der Waals surface area contributed by atoms with Gasteiger partial charge in [-0.2, -0.15) is 0 Å². The van der Waals surface area contributed by atoms with Gasteiger partial charge in [0.05, 0.1) is 16.5 Å². The van der Waals surface area contributed by atoms with Crippen molar-refractivity contribution < 1.29 is 17.9 Å². The lowest BCUT2D eigenvalue weighted by Gasteiger charge is -2.28. The Morgan fingerprint density at radius 2 is 0.744 bits per heavy atom. The third-order valence-corrected chi connectivity index (χ3v) is 15.0. The molecule has 0 radical (unpaired) electrons. The van der Waals surface area contributed by atoms with Crippen molar-refractivity contribution in [3.63, 3.8) is 0 Å². The van der Waals surface area contributed by atoms with Crippen LogP contribution in [-0.4, -0.2) is 5.90 Å². The van der Waals surface area contributed by atoms with E-state index in [1.807, 2.05) is 60.7 Å². The minimum atomic E-state index is -3.96. The van der Waals surface area contributed by atoms with E-state index in [4.69, 9.17) is 0 Å². The summed E-state index contributed by atoms with van der Waals surface area (Å²) in [6.07, 6.45) is 0. The molecule has 39 heavy (non-hydrogen) atoms. The van der Waals surface area contributed by atoms with Crippen molar-refractivity contribution >= 4 is 57.0 Å². The van der Waals surface area contributed by atoms with Crippen molar-refractivity contribution in [2.45, 2.75) is 0 Å². The van der Waals surface area contributed by atoms with Gasteiger partial charge in [-0.1, -0.05) is 109 Å². The molecule has 0 saturated carbocycles. The van der Waals surface area contributed by atoms with Gasteiger partial charge in [0.2, 0.25) is 0 Å². The summed E-state index contributed by atoms with van der Waals surface area (Å²) in [6, 6.07) is 37.5. The van der Waals surface area contributed by atoms with Crippen LogP contribution in [0.2, 0.25) is 0 Å². The average molecular weight is 552 g/mol. The molecular weight excluding hydrogens is 528 g/mol. The molecule has 6 heteroatoms. The van der Waals surface area contributed by atoms with Crippen molar-refractivity contribution in [3.05, 3.63) is 145 Å². The number of hydrogen-bond donors (Lipinski definition) is 0. The van der Waals surface area contributed by atoms with Crippen LogP contribution in [0.1, 0.15) is 0 Å². The van der Waals surface area contributed by atoms with Gasteiger partial charge in [-0.05, 0) is 45.8 Å². The topological polar surface area (TPSA) is 34.1 Å². The predicted octanol–water partition coefficient (Wildman–Crippen LogP) is 7.56. The Balaban J connectivity index is 1.71. The number of hydrogen-bond acceptors (Lipinski definition) is 2. The monoisotopic (exact) mass is 552 g/mol. The summed E-state index contributed by atoms with van der Waals surface area (Å²) in [5, 5.41) is 3.81. The zero-order valence-corrected chi connectivity index (χ0v) is 22.7. The van der Waals surface area contributed by atoms with Crippen LogP contribution in [0.15, 0.2) is 133 Å². The largest absolute Gasteiger partial charge is 0.313 e. The third kappa shape index (κ3) is 4.35. The zero-order chi connectivity index (χ0) is 27.0. The second-order valence-corrected chi connectivity index (χ2v) is 15.5. The molecule has 6 aromatic carbocycles. The smallest absolute Gasteiger partial charge is 0.154 e. The summed E-state index contributed by atoms with van der Waals surface area (Å²) in [7, 11) is -7.92. The zero-order valence-electron chi connectivity index (χ0n) is 20.9. The quantitative estimate of drug-likeness (QED) is 0.200. The van der Waals surface area contributed by atoms with E-state index in [9.17, 15) is 0 Å². The van der Waals surface area contributed by atoms with Crippen LogP contribution in [0.25, 0.3) is 21.5 Å². The first-order chi connectivity index (χ1) is 18.9. The van der Waals surface area contributed by atoms with Gasteiger partial charge in [0.15, 0.2) is 14.3 Å². The molecule has 0 fully saturated rings. The van der Waals surface area contributed by atoms with Gasteiger partial charge >= 0.3 is 0 Å². The number of benzene rings is 6. The molecule has 0 spiro atoms. The van der Waals surface area contributed by atoms with Crippen LogP contribution in [0.5, 0.6) is 0 Å². The normalized spacial score (nSPS) is 14.6. The summed E-state index contributed by atoms with van der Waals surface area (Å²) < 4.78 is 62.1. The first-order valence-electron chi connectivity index (χ1n) is 12.6. The Kier molecular flexibility index (Phi) is 6.55. The van der Waals surface area contributed by atoms with E-state index in [2.05, 4.69) is 0 Å². The summed E-state index contributed by atoms with van der Waals surface area (Å²) in [5.74, 6) is -1.73. The van der Waals surface area contributed by atoms with Crippen LogP contribution >= 0.6 is 14.3 Å². The molecule has 0 aliphatic carbocycles. The second-order valence-electron chi connectivity index (χ2n) is 9.52. The molecule has 2 nitrogen and oxygen atoms in total. The van der Waals surface area contributed by atoms with Crippen molar-refractivity contribution in [2.75, 3.05) is 5.90 Å². The minimum absolute atomic E-state index is 0.0156. The van der Waals surface area contributed by atoms with Gasteiger partial charge in [-0.15, -0.1) is 0 Å². The van der Waals surface area contributed by atoms with Crippen molar-refractivity contribution in [1.82, 2.24) is 0 Å². The highest BCUT2D eigenvalue weighted by Crippen LogP contribution is 2.61. The predicted molar refractivity (Wildman–Crippen MR) is 159 cm³/mol. The van der Waals surface area contributed by atoms with Crippen molar-refractivity contribution in [2.24, 2.45) is 0 Å². The number of halogens is 2. The van der Waals surface area contributed by atoms with Crippen LogP contribution < -0.4 is 21.2 Å². The highest BCUT2D eigenvalue weighted by Gasteiger charge is 2.43. The molecule has 0 aliphatic heterocycles. The van der Waals surface area contributed by atoms with Gasteiger partial charge in [0, 0.05) is 10.6 Å². The van der Waals surface area contributed by atoms with E-state index in [1.165, 1.54) is 36.4 Å². The molecule has 2 unspecified atom stereocenters. The van der Waals surface area contributed by atoms with Crippen LogP contribution in [0, 0.1) is 11.6 Å². The summed E-state index contributed by atoms with van der Waals surface area (Å²) in [4.78, 5) is 0. The minimum Gasteiger partial charge on any atom is -0.313 e. The maximum absolute atomic E-state index is 15.5. The molecule has 0 heterocycles. The van der Waals surface area contributed by atoms with Crippen LogP contribution in [0.3, 0.4) is 0 Å². The second kappa shape index (κ2) is 10.0. The highest BCUT2D eigenvalue weighted by molar-refractivity contribution is 7.94. The summed E-state index contributed by atoms with van der Waals surface area (Å²) >= 11 is 0. The van der Waals surface area contributed by atoms with Gasteiger partial charge in [0.25, 0.3) is 0 Å². The van der Waals surface area contributed by atoms with Gasteiger partial charge in [0.1, 0.15) is 11.6 Å². The van der Waals surface area contributed by atoms with Gasteiger partial charge < -0.3 is 9.13 Å². The Bertz CT molecular complexity index is 1800. The first-order valence-corrected chi connectivity index (χ1v) is 16.4. The van der Waals surface area contributed by atoms with E-state index < -0.39 is 31.8 Å². The lowest BCUT2D eigenvalue weighted by molar-refractivity contribution is 0.579. The highest BCUT2D eigenvalue weighted by atomic mass is 31.2. The average Bonchev–Trinajstić information content (AvgIpc) is 2.97. The summed E-state index contributed by atoms with van der Waals surface area (Å²) in [5.41, 5.74) is 0. The molecule has 2 atom stereocenters. The molecule has 0 N–H and O–H groups in total. The molecule has 0 aliphatic rings. The Hall–Kier alpha value is -3.84. The lowest BCUT2D eigenvalue weighted by Crippen LogP contribution is -2.28. The van der Waals surface area contributed by atoms with E-state index in [0.29, 0.717) is 21.4 Å². The molecule has 192 valence electrons. The van der Waals surface area contributed by atoms with E-state index in [1.54, 1.807) is 36.4 Å². The standard InChI is InChI=1S/C33H24F2O2P2/c34-28-17-5-7-19-32(28)38(36,30-21-9-13-24-11-1-3-15-26(24)30)23-39(37,33-20-8-6-18-29(33)35)31-22-10-14-25-12-2-4-16-27(25)31/h1-22H,23H2. The Morgan fingerprint density at radius 1 is 0.410 bits per heavy atom. The molecule has 6 aromatic rings. The van der Waals surface area contributed by atoms with Crippen molar-refractivity contribution in [3.8, 4) is 0 Å². The van der Waals surface area contributed by atoms with E-state index >= 15 is 17.9 Å². The molecule has 0 aromatic heterocycles. The third-order valence-electron chi connectivity index (χ3n) is 7.19. The first kappa shape index (κ1) is 25.4. The van der Waals surface area contributed by atoms with Crippen molar-refractivity contribution in [1.29, 1.82) is 0 Å². The summed E-state index contributed by atoms with van der Waals surface area (Å²) in [6.45, 7) is 0. The fraction of sp³-hybridized carbons (Fsp3) is 0.0303. The fourth-order valence-electron chi connectivity index (χ4n) is 5.38. The number of rotatable bonds is 6. The Labute approximate surface area is 225 Å². The Morgan fingerprint density at radius 3 is 1.18 bits per heavy atom. The fourth-order valence-corrected chi connectivity index (χ4v) is 13.9. The molecule has 0 amide bonds. The lowest BCUT2D eigenvalue weighted by atomic mass is 10.1. The maximum Gasteiger partial charge on any atom is 0.154 e.